The molecule has 3 heterocycles. The summed E-state index contributed by atoms with van der Waals surface area (Å²) in [7, 11) is 0. The molecule has 1 aliphatic rings. The van der Waals surface area contributed by atoms with Gasteiger partial charge in [-0.25, -0.2) is 9.67 Å². The van der Waals surface area contributed by atoms with Crippen molar-refractivity contribution in [2.45, 2.75) is 19.9 Å². The number of nitrogens with zero attached hydrogens (tertiary/aromatic N) is 4. The molecule has 1 amide bonds. The van der Waals surface area contributed by atoms with Crippen LogP contribution in [0.5, 0.6) is 0 Å². The van der Waals surface area contributed by atoms with E-state index in [1.165, 1.54) is 0 Å². The summed E-state index contributed by atoms with van der Waals surface area (Å²) in [5.74, 6) is 0.817. The summed E-state index contributed by atoms with van der Waals surface area (Å²) in [5, 5.41) is 5.15. The average Bonchev–Trinajstić information content (AvgIpc) is 3.21. The summed E-state index contributed by atoms with van der Waals surface area (Å²) >= 11 is 1.56. The molecule has 1 aliphatic heterocycles. The second kappa shape index (κ2) is 5.62. The highest BCUT2D eigenvalue weighted by molar-refractivity contribution is 7.15. The summed E-state index contributed by atoms with van der Waals surface area (Å²) in [6.45, 7) is 3.53. The van der Waals surface area contributed by atoms with Crippen LogP contribution in [-0.2, 0) is 6.54 Å². The Kier molecular flexibility index (Phi) is 3.46. The van der Waals surface area contributed by atoms with Crippen LogP contribution in [0.3, 0.4) is 0 Å². The molecule has 23 heavy (non-hydrogen) atoms. The number of anilines is 1. The first-order valence-corrected chi connectivity index (χ1v) is 8.42. The predicted molar refractivity (Wildman–Crippen MR) is 90.8 cm³/mol. The van der Waals surface area contributed by atoms with E-state index in [0.717, 1.165) is 34.2 Å². The Labute approximate surface area is 138 Å². The van der Waals surface area contributed by atoms with Crippen LogP contribution in [0, 0.1) is 6.92 Å². The van der Waals surface area contributed by atoms with Crippen molar-refractivity contribution in [3.05, 3.63) is 53.2 Å². The fourth-order valence-electron chi connectivity index (χ4n) is 2.85. The van der Waals surface area contributed by atoms with Crippen LogP contribution in [0.2, 0.25) is 0 Å². The van der Waals surface area contributed by atoms with Crippen LogP contribution in [0.4, 0.5) is 5.82 Å². The first-order chi connectivity index (χ1) is 11.2. The van der Waals surface area contributed by atoms with E-state index in [1.54, 1.807) is 22.4 Å². The van der Waals surface area contributed by atoms with Crippen molar-refractivity contribution in [1.82, 2.24) is 14.8 Å². The molecule has 0 saturated carbocycles. The number of rotatable bonds is 2. The third kappa shape index (κ3) is 2.45. The molecule has 0 spiro atoms. The fourth-order valence-corrected chi connectivity index (χ4v) is 3.76. The van der Waals surface area contributed by atoms with Crippen molar-refractivity contribution in [2.24, 2.45) is 0 Å². The van der Waals surface area contributed by atoms with Crippen LogP contribution in [0.15, 0.2) is 42.6 Å². The van der Waals surface area contributed by atoms with Gasteiger partial charge in [0.25, 0.3) is 5.91 Å². The Hall–Kier alpha value is -2.47. The zero-order valence-electron chi connectivity index (χ0n) is 12.8. The van der Waals surface area contributed by atoms with Crippen molar-refractivity contribution < 1.29 is 4.79 Å². The number of amides is 1. The number of carbonyl (C=O) groups excluding carboxylic acids is 1. The average molecular weight is 324 g/mol. The van der Waals surface area contributed by atoms with Crippen molar-refractivity contribution in [3.8, 4) is 10.6 Å². The highest BCUT2D eigenvalue weighted by atomic mass is 32.1. The lowest BCUT2D eigenvalue weighted by Gasteiger charge is -2.27. The van der Waals surface area contributed by atoms with Gasteiger partial charge < -0.3 is 0 Å². The van der Waals surface area contributed by atoms with Crippen LogP contribution in [0.25, 0.3) is 10.6 Å². The first kappa shape index (κ1) is 14.1. The Bertz CT molecular complexity index is 853. The number of carbonyl (C=O) groups is 1. The van der Waals surface area contributed by atoms with Gasteiger partial charge in [-0.15, -0.1) is 11.3 Å². The van der Waals surface area contributed by atoms with E-state index >= 15 is 0 Å². The van der Waals surface area contributed by atoms with Gasteiger partial charge in [0.2, 0.25) is 0 Å². The van der Waals surface area contributed by atoms with Crippen molar-refractivity contribution >= 4 is 23.1 Å². The van der Waals surface area contributed by atoms with Gasteiger partial charge in [0.15, 0.2) is 0 Å². The second-order valence-corrected chi connectivity index (χ2v) is 6.72. The van der Waals surface area contributed by atoms with Gasteiger partial charge >= 0.3 is 0 Å². The summed E-state index contributed by atoms with van der Waals surface area (Å²) in [4.78, 5) is 20.3. The molecule has 6 heteroatoms. The van der Waals surface area contributed by atoms with Crippen LogP contribution < -0.4 is 4.90 Å². The maximum atomic E-state index is 13.0. The topological polar surface area (TPSA) is 51.0 Å². The van der Waals surface area contributed by atoms with Crippen LogP contribution >= 0.6 is 11.3 Å². The Morgan fingerprint density at radius 2 is 2.00 bits per heavy atom. The number of hydrogen-bond acceptors (Lipinski definition) is 4. The van der Waals surface area contributed by atoms with E-state index in [2.05, 4.69) is 10.1 Å². The number of benzene rings is 1. The summed E-state index contributed by atoms with van der Waals surface area (Å²) in [5.41, 5.74) is 1.59. The third-order valence-electron chi connectivity index (χ3n) is 3.99. The quantitative estimate of drug-likeness (QED) is 0.726. The smallest absolute Gasteiger partial charge is 0.279 e. The summed E-state index contributed by atoms with van der Waals surface area (Å²) < 4.78 is 1.88. The summed E-state index contributed by atoms with van der Waals surface area (Å²) in [6.07, 6.45) is 2.65. The molecule has 0 N–H and O–H groups in total. The van der Waals surface area contributed by atoms with Crippen molar-refractivity contribution in [2.75, 3.05) is 11.4 Å². The largest absolute Gasteiger partial charge is 0.291 e. The van der Waals surface area contributed by atoms with E-state index < -0.39 is 0 Å². The third-order valence-corrected chi connectivity index (χ3v) is 5.01. The Morgan fingerprint density at radius 3 is 2.83 bits per heavy atom. The molecule has 0 bridgehead atoms. The Morgan fingerprint density at radius 1 is 1.17 bits per heavy atom. The molecular formula is C17H16N4OS. The molecule has 4 rings (SSSR count). The van der Waals surface area contributed by atoms with Crippen LogP contribution in [0.1, 0.15) is 21.8 Å². The van der Waals surface area contributed by atoms with E-state index in [0.29, 0.717) is 12.2 Å². The molecule has 116 valence electrons. The minimum atomic E-state index is -0.0395. The highest BCUT2D eigenvalue weighted by Gasteiger charge is 2.27. The van der Waals surface area contributed by atoms with Gasteiger partial charge in [0, 0.05) is 29.6 Å². The molecule has 1 aromatic carbocycles. The van der Waals surface area contributed by atoms with E-state index in [9.17, 15) is 4.79 Å². The predicted octanol–water partition coefficient (Wildman–Crippen LogP) is 3.37. The van der Waals surface area contributed by atoms with Gasteiger partial charge in [-0.1, -0.05) is 30.3 Å². The van der Waals surface area contributed by atoms with E-state index in [-0.39, 0.29) is 5.91 Å². The molecule has 2 aromatic heterocycles. The molecular weight excluding hydrogens is 308 g/mol. The van der Waals surface area contributed by atoms with Crippen LogP contribution in [-0.4, -0.2) is 27.2 Å². The minimum absolute atomic E-state index is 0.0395. The molecule has 5 nitrogen and oxygen atoms in total. The molecule has 0 unspecified atom stereocenters. The van der Waals surface area contributed by atoms with Gasteiger partial charge in [-0.3, -0.25) is 9.69 Å². The number of hydrogen-bond donors (Lipinski definition) is 0. The van der Waals surface area contributed by atoms with Crippen molar-refractivity contribution in [3.63, 3.8) is 0 Å². The second-order valence-electron chi connectivity index (χ2n) is 5.51. The zero-order chi connectivity index (χ0) is 15.8. The van der Waals surface area contributed by atoms with Gasteiger partial charge in [0.05, 0.1) is 6.20 Å². The number of aryl methyl sites for hydroxylation is 2. The lowest BCUT2D eigenvalue weighted by molar-refractivity contribution is 0.0976. The molecule has 0 saturated heterocycles. The normalized spacial score (nSPS) is 13.9. The molecule has 0 radical (unpaired) electrons. The lowest BCUT2D eigenvalue weighted by Crippen LogP contribution is -2.38. The maximum absolute atomic E-state index is 13.0. The fraction of sp³-hybridized carbons (Fsp3) is 0.235. The number of aromatic nitrogens is 3. The monoisotopic (exact) mass is 324 g/mol. The molecule has 0 aliphatic carbocycles. The molecule has 3 aromatic rings. The van der Waals surface area contributed by atoms with Crippen molar-refractivity contribution in [1.29, 1.82) is 0 Å². The van der Waals surface area contributed by atoms with Gasteiger partial charge in [0.1, 0.15) is 16.5 Å². The maximum Gasteiger partial charge on any atom is 0.279 e. The summed E-state index contributed by atoms with van der Waals surface area (Å²) in [6, 6.07) is 11.9. The Balaban J connectivity index is 1.70. The van der Waals surface area contributed by atoms with E-state index in [4.69, 9.17) is 0 Å². The standard InChI is InChI=1S/C17H16N4OS/c1-12-15(19-16(23-12)13-6-3-2-4-7-13)17(22)20-10-5-11-21-14(20)8-9-18-21/h2-4,6-9H,5,10-11H2,1H3. The highest BCUT2D eigenvalue weighted by Crippen LogP contribution is 2.30. The van der Waals surface area contributed by atoms with Gasteiger partial charge in [-0.2, -0.15) is 5.10 Å². The lowest BCUT2D eigenvalue weighted by atomic mass is 10.2. The number of thiazole rings is 1. The minimum Gasteiger partial charge on any atom is -0.291 e. The molecule has 0 fully saturated rings. The SMILES string of the molecule is Cc1sc(-c2ccccc2)nc1C(=O)N1CCCn2nccc21. The van der Waals surface area contributed by atoms with Gasteiger partial charge in [-0.05, 0) is 13.3 Å². The molecule has 0 atom stereocenters. The van der Waals surface area contributed by atoms with E-state index in [1.807, 2.05) is 48.0 Å². The number of fused-ring (bicyclic) bond motifs is 1. The zero-order valence-corrected chi connectivity index (χ0v) is 13.6. The first-order valence-electron chi connectivity index (χ1n) is 7.60.